The fourth-order valence-corrected chi connectivity index (χ4v) is 4.10. The molecule has 0 atom stereocenters. The number of methoxy groups -OCH3 is 1. The summed E-state index contributed by atoms with van der Waals surface area (Å²) in [4.78, 5) is 29.0. The first-order valence-electron chi connectivity index (χ1n) is 8.72. The van der Waals surface area contributed by atoms with Crippen molar-refractivity contribution < 1.29 is 19.2 Å². The summed E-state index contributed by atoms with van der Waals surface area (Å²) in [5.74, 6) is 0.817. The van der Waals surface area contributed by atoms with Gasteiger partial charge >= 0.3 is 0 Å². The van der Waals surface area contributed by atoms with E-state index in [0.29, 0.717) is 31.6 Å². The van der Waals surface area contributed by atoms with Gasteiger partial charge in [0.05, 0.1) is 16.9 Å². The van der Waals surface area contributed by atoms with Gasteiger partial charge in [-0.1, -0.05) is 28.1 Å². The molecule has 30 heavy (non-hydrogen) atoms. The highest BCUT2D eigenvalue weighted by molar-refractivity contribution is 9.10. The third kappa shape index (κ3) is 4.65. The summed E-state index contributed by atoms with van der Waals surface area (Å²) in [6.07, 6.45) is 1.76. The Hall–Kier alpha value is -2.85. The molecule has 0 bridgehead atoms. The maximum absolute atomic E-state index is 12.4. The summed E-state index contributed by atoms with van der Waals surface area (Å²) in [5, 5.41) is 11.6. The minimum absolute atomic E-state index is 0.00454. The van der Waals surface area contributed by atoms with E-state index in [1.54, 1.807) is 44.4 Å². The summed E-state index contributed by atoms with van der Waals surface area (Å²) >= 11 is 4.81. The third-order valence-corrected chi connectivity index (χ3v) is 6.12. The number of carbonyl (C=O) groups is 1. The predicted octanol–water partition coefficient (Wildman–Crippen LogP) is 4.48. The lowest BCUT2D eigenvalue weighted by Gasteiger charge is -2.13. The Balaban J connectivity index is 1.84. The first kappa shape index (κ1) is 21.8. The lowest BCUT2D eigenvalue weighted by molar-refractivity contribution is -0.384. The van der Waals surface area contributed by atoms with E-state index in [9.17, 15) is 14.9 Å². The van der Waals surface area contributed by atoms with Crippen LogP contribution in [-0.4, -0.2) is 42.1 Å². The summed E-state index contributed by atoms with van der Waals surface area (Å²) in [6.45, 7) is 0.139. The summed E-state index contributed by atoms with van der Waals surface area (Å²) < 4.78 is 12.0. The van der Waals surface area contributed by atoms with Gasteiger partial charge in [-0.2, -0.15) is 0 Å². The molecule has 0 aromatic heterocycles. The van der Waals surface area contributed by atoms with E-state index >= 15 is 0 Å². The number of carbonyl (C=O) groups excluding carboxylic acids is 1. The first-order chi connectivity index (χ1) is 14.3. The summed E-state index contributed by atoms with van der Waals surface area (Å²) in [6, 6.07) is 9.75. The van der Waals surface area contributed by atoms with E-state index in [0.717, 1.165) is 5.56 Å². The zero-order valence-corrected chi connectivity index (χ0v) is 18.8. The number of hydrogen-bond acceptors (Lipinski definition) is 7. The molecule has 1 fully saturated rings. The SMILES string of the molecule is CN=C1S/C(=C/c2cc(OC)c(OCc3cccc([N+](=O)[O-])c3)cc2Br)C(=O)N1C. The van der Waals surface area contributed by atoms with Gasteiger partial charge in [-0.05, 0) is 41.1 Å². The number of benzene rings is 2. The number of nitro groups is 1. The Labute approximate surface area is 185 Å². The van der Waals surface area contributed by atoms with E-state index < -0.39 is 4.92 Å². The van der Waals surface area contributed by atoms with Crippen LogP contribution in [0, 0.1) is 10.1 Å². The number of thioether (sulfide) groups is 1. The van der Waals surface area contributed by atoms with Crippen molar-refractivity contribution in [3.05, 3.63) is 67.0 Å². The van der Waals surface area contributed by atoms with E-state index in [4.69, 9.17) is 9.47 Å². The number of aliphatic imine (C=N–C) groups is 1. The lowest BCUT2D eigenvalue weighted by Crippen LogP contribution is -2.23. The molecule has 1 saturated heterocycles. The Morgan fingerprint density at radius 3 is 2.70 bits per heavy atom. The van der Waals surface area contributed by atoms with E-state index in [-0.39, 0.29) is 18.2 Å². The summed E-state index contributed by atoms with van der Waals surface area (Å²) in [7, 11) is 4.84. The molecule has 1 amide bonds. The Morgan fingerprint density at radius 1 is 1.30 bits per heavy atom. The molecule has 2 aromatic carbocycles. The van der Waals surface area contributed by atoms with E-state index in [1.165, 1.54) is 35.9 Å². The van der Waals surface area contributed by atoms with Crippen molar-refractivity contribution in [2.45, 2.75) is 6.61 Å². The van der Waals surface area contributed by atoms with Gasteiger partial charge in [-0.3, -0.25) is 24.8 Å². The average Bonchev–Trinajstić information content (AvgIpc) is 3.01. The maximum atomic E-state index is 12.4. The molecule has 1 aliphatic heterocycles. The zero-order valence-electron chi connectivity index (χ0n) is 16.4. The molecule has 0 aliphatic carbocycles. The largest absolute Gasteiger partial charge is 0.493 e. The molecular formula is C20H18BrN3O5S. The monoisotopic (exact) mass is 491 g/mol. The number of likely N-dealkylation sites (N-methyl/N-ethyl adjacent to an activating group) is 1. The Morgan fingerprint density at radius 2 is 2.07 bits per heavy atom. The standard InChI is InChI=1S/C20H18BrN3O5S/c1-22-20-23(2)19(25)18(30-20)9-13-8-16(28-3)17(10-15(13)21)29-11-12-5-4-6-14(7-12)24(26)27/h4-10H,11H2,1-3H3/b18-9+,22-20?. The lowest BCUT2D eigenvalue weighted by atomic mass is 10.1. The first-order valence-corrected chi connectivity index (χ1v) is 10.3. The van der Waals surface area contributed by atoms with Gasteiger partial charge in [0.25, 0.3) is 11.6 Å². The molecule has 3 rings (SSSR count). The van der Waals surface area contributed by atoms with Gasteiger partial charge < -0.3 is 9.47 Å². The van der Waals surface area contributed by atoms with Crippen molar-refractivity contribution in [2.75, 3.05) is 21.2 Å². The van der Waals surface area contributed by atoms with Crippen molar-refractivity contribution in [3.63, 3.8) is 0 Å². The zero-order chi connectivity index (χ0) is 21.8. The number of nitro benzene ring substituents is 1. The maximum Gasteiger partial charge on any atom is 0.269 e. The molecule has 10 heteroatoms. The summed E-state index contributed by atoms with van der Waals surface area (Å²) in [5.41, 5.74) is 1.41. The second-order valence-corrected chi connectivity index (χ2v) is 8.08. The predicted molar refractivity (Wildman–Crippen MR) is 120 cm³/mol. The van der Waals surface area contributed by atoms with Gasteiger partial charge in [0.1, 0.15) is 6.61 Å². The molecule has 0 spiro atoms. The molecule has 0 N–H and O–H groups in total. The van der Waals surface area contributed by atoms with Gasteiger partial charge in [0, 0.05) is 30.7 Å². The number of non-ortho nitro benzene ring substituents is 1. The highest BCUT2D eigenvalue weighted by atomic mass is 79.9. The van der Waals surface area contributed by atoms with Crippen molar-refractivity contribution in [2.24, 2.45) is 4.99 Å². The highest BCUT2D eigenvalue weighted by Gasteiger charge is 2.30. The third-order valence-electron chi connectivity index (χ3n) is 4.28. The van der Waals surface area contributed by atoms with Crippen molar-refractivity contribution in [3.8, 4) is 11.5 Å². The van der Waals surface area contributed by atoms with E-state index in [2.05, 4.69) is 20.9 Å². The minimum Gasteiger partial charge on any atom is -0.493 e. The molecular weight excluding hydrogens is 474 g/mol. The van der Waals surface area contributed by atoms with Gasteiger partial charge in [-0.25, -0.2) is 0 Å². The quantitative estimate of drug-likeness (QED) is 0.336. The highest BCUT2D eigenvalue weighted by Crippen LogP contribution is 2.38. The number of amidine groups is 1. The molecule has 1 heterocycles. The Kier molecular flexibility index (Phi) is 6.78. The number of ether oxygens (including phenoxy) is 2. The minimum atomic E-state index is -0.447. The van der Waals surface area contributed by atoms with Crippen LogP contribution in [0.3, 0.4) is 0 Å². The van der Waals surface area contributed by atoms with Gasteiger partial charge in [0.2, 0.25) is 0 Å². The molecule has 2 aromatic rings. The van der Waals surface area contributed by atoms with Crippen molar-refractivity contribution in [1.82, 2.24) is 4.90 Å². The van der Waals surface area contributed by atoms with Crippen LogP contribution in [0.4, 0.5) is 5.69 Å². The van der Waals surface area contributed by atoms with Crippen LogP contribution in [0.5, 0.6) is 11.5 Å². The fraction of sp³-hybridized carbons (Fsp3) is 0.200. The number of amides is 1. The average molecular weight is 492 g/mol. The van der Waals surface area contributed by atoms with Crippen molar-refractivity contribution in [1.29, 1.82) is 0 Å². The van der Waals surface area contributed by atoms with Crippen LogP contribution in [0.25, 0.3) is 6.08 Å². The van der Waals surface area contributed by atoms with Crippen LogP contribution in [0.1, 0.15) is 11.1 Å². The van der Waals surface area contributed by atoms with Gasteiger partial charge in [-0.15, -0.1) is 0 Å². The normalized spacial score (nSPS) is 16.4. The van der Waals surface area contributed by atoms with Crippen molar-refractivity contribution >= 4 is 50.5 Å². The molecule has 0 unspecified atom stereocenters. The molecule has 0 saturated carbocycles. The number of nitrogens with zero attached hydrogens (tertiary/aromatic N) is 3. The smallest absolute Gasteiger partial charge is 0.269 e. The molecule has 156 valence electrons. The molecule has 8 nitrogen and oxygen atoms in total. The number of halogens is 1. The van der Waals surface area contributed by atoms with Crippen LogP contribution in [0.2, 0.25) is 0 Å². The van der Waals surface area contributed by atoms with Gasteiger partial charge in [0.15, 0.2) is 16.7 Å². The van der Waals surface area contributed by atoms with Crippen LogP contribution < -0.4 is 9.47 Å². The second kappa shape index (κ2) is 9.31. The number of hydrogen-bond donors (Lipinski definition) is 0. The molecule has 1 aliphatic rings. The van der Waals surface area contributed by atoms with Crippen LogP contribution >= 0.6 is 27.7 Å². The fourth-order valence-electron chi connectivity index (χ4n) is 2.75. The second-order valence-electron chi connectivity index (χ2n) is 6.22. The van der Waals surface area contributed by atoms with E-state index in [1.807, 2.05) is 0 Å². The number of rotatable bonds is 6. The van der Waals surface area contributed by atoms with Crippen LogP contribution in [-0.2, 0) is 11.4 Å². The topological polar surface area (TPSA) is 94.3 Å². The molecule has 0 radical (unpaired) electrons. The van der Waals surface area contributed by atoms with Crippen LogP contribution in [0.15, 0.2) is 50.8 Å². The Bertz CT molecular complexity index is 1070.